The average molecular weight is 196 g/mol. The van der Waals surface area contributed by atoms with Gasteiger partial charge in [0.25, 0.3) is 0 Å². The normalized spacial score (nSPS) is 16.9. The maximum absolute atomic E-state index is 10.9. The fourth-order valence-corrected chi connectivity index (χ4v) is 1.92. The molecule has 1 aromatic heterocycles. The first-order valence-electron chi connectivity index (χ1n) is 4.33. The van der Waals surface area contributed by atoms with E-state index in [0.29, 0.717) is 6.04 Å². The van der Waals surface area contributed by atoms with E-state index in [2.05, 4.69) is 10.3 Å². The Morgan fingerprint density at radius 1 is 1.62 bits per heavy atom. The van der Waals surface area contributed by atoms with Crippen LogP contribution in [0.25, 0.3) is 0 Å². The van der Waals surface area contributed by atoms with Crippen LogP contribution < -0.4 is 10.9 Å². The molecule has 1 saturated heterocycles. The van der Waals surface area contributed by atoms with Gasteiger partial charge in [0.2, 0.25) is 5.56 Å². The van der Waals surface area contributed by atoms with Crippen molar-refractivity contribution in [2.75, 3.05) is 11.5 Å². The van der Waals surface area contributed by atoms with E-state index in [1.165, 1.54) is 11.5 Å². The Hall–Kier alpha value is -0.740. The highest BCUT2D eigenvalue weighted by molar-refractivity contribution is 8.00. The summed E-state index contributed by atoms with van der Waals surface area (Å²) in [5.41, 5.74) is 1.03. The third kappa shape index (κ3) is 2.35. The molecule has 2 heterocycles. The molecule has 0 unspecified atom stereocenters. The van der Waals surface area contributed by atoms with Gasteiger partial charge in [-0.05, 0) is 11.6 Å². The van der Waals surface area contributed by atoms with Crippen molar-refractivity contribution < 1.29 is 0 Å². The summed E-state index contributed by atoms with van der Waals surface area (Å²) in [5, 5.41) is 3.39. The zero-order valence-electron chi connectivity index (χ0n) is 7.25. The van der Waals surface area contributed by atoms with Gasteiger partial charge < -0.3 is 10.3 Å². The van der Waals surface area contributed by atoms with Crippen LogP contribution in [-0.2, 0) is 6.54 Å². The Morgan fingerprint density at radius 3 is 3.08 bits per heavy atom. The van der Waals surface area contributed by atoms with Crippen LogP contribution >= 0.6 is 11.8 Å². The second kappa shape index (κ2) is 3.98. The molecule has 2 rings (SSSR count). The number of hydrogen-bond acceptors (Lipinski definition) is 3. The molecule has 2 N–H and O–H groups in total. The van der Waals surface area contributed by atoms with Crippen LogP contribution in [0.1, 0.15) is 5.56 Å². The summed E-state index contributed by atoms with van der Waals surface area (Å²) < 4.78 is 0. The van der Waals surface area contributed by atoms with Gasteiger partial charge in [0.05, 0.1) is 0 Å². The SMILES string of the molecule is O=c1cc(CNC2CSC2)cc[nH]1. The lowest BCUT2D eigenvalue weighted by molar-refractivity contribution is 0.582. The number of H-pyrrole nitrogens is 1. The lowest BCUT2D eigenvalue weighted by atomic mass is 10.2. The lowest BCUT2D eigenvalue weighted by Crippen LogP contribution is -2.39. The molecular weight excluding hydrogens is 184 g/mol. The molecule has 1 aliphatic heterocycles. The maximum Gasteiger partial charge on any atom is 0.248 e. The molecule has 0 bridgehead atoms. The molecule has 0 spiro atoms. The van der Waals surface area contributed by atoms with Crippen molar-refractivity contribution in [2.45, 2.75) is 12.6 Å². The fraction of sp³-hybridized carbons (Fsp3) is 0.444. The van der Waals surface area contributed by atoms with E-state index in [9.17, 15) is 4.79 Å². The lowest BCUT2D eigenvalue weighted by Gasteiger charge is -2.25. The van der Waals surface area contributed by atoms with E-state index in [4.69, 9.17) is 0 Å². The summed E-state index contributed by atoms with van der Waals surface area (Å²) in [6.07, 6.45) is 1.69. The molecule has 3 nitrogen and oxygen atoms in total. The van der Waals surface area contributed by atoms with Gasteiger partial charge >= 0.3 is 0 Å². The number of nitrogens with one attached hydrogen (secondary N) is 2. The first-order chi connectivity index (χ1) is 6.34. The molecule has 4 heteroatoms. The number of aromatic nitrogens is 1. The van der Waals surface area contributed by atoms with Crippen LogP contribution in [0.15, 0.2) is 23.1 Å². The molecule has 1 aromatic rings. The van der Waals surface area contributed by atoms with Crippen molar-refractivity contribution in [1.82, 2.24) is 10.3 Å². The van der Waals surface area contributed by atoms with E-state index in [-0.39, 0.29) is 5.56 Å². The molecule has 70 valence electrons. The molecule has 0 atom stereocenters. The Labute approximate surface area is 80.9 Å². The molecule has 13 heavy (non-hydrogen) atoms. The zero-order chi connectivity index (χ0) is 9.10. The first kappa shape index (κ1) is 8.84. The number of thioether (sulfide) groups is 1. The van der Waals surface area contributed by atoms with E-state index in [1.807, 2.05) is 17.8 Å². The van der Waals surface area contributed by atoms with Crippen LogP contribution in [0.5, 0.6) is 0 Å². The Morgan fingerprint density at radius 2 is 2.46 bits per heavy atom. The Balaban J connectivity index is 1.89. The number of aromatic amines is 1. The van der Waals surface area contributed by atoms with Gasteiger partial charge in [0.15, 0.2) is 0 Å². The molecule has 0 amide bonds. The monoisotopic (exact) mass is 196 g/mol. The summed E-state index contributed by atoms with van der Waals surface area (Å²) >= 11 is 1.95. The third-order valence-electron chi connectivity index (χ3n) is 2.07. The van der Waals surface area contributed by atoms with Crippen molar-refractivity contribution in [2.24, 2.45) is 0 Å². The van der Waals surface area contributed by atoms with Gasteiger partial charge in [0, 0.05) is 36.4 Å². The minimum Gasteiger partial charge on any atom is -0.329 e. The van der Waals surface area contributed by atoms with Crippen LogP contribution in [0.3, 0.4) is 0 Å². The largest absolute Gasteiger partial charge is 0.329 e. The topological polar surface area (TPSA) is 44.9 Å². The molecule has 0 saturated carbocycles. The quantitative estimate of drug-likeness (QED) is 0.743. The van der Waals surface area contributed by atoms with Crippen molar-refractivity contribution in [3.8, 4) is 0 Å². The number of pyridine rings is 1. The second-order valence-corrected chi connectivity index (χ2v) is 4.25. The van der Waals surface area contributed by atoms with Crippen molar-refractivity contribution in [3.63, 3.8) is 0 Å². The smallest absolute Gasteiger partial charge is 0.248 e. The van der Waals surface area contributed by atoms with E-state index in [1.54, 1.807) is 12.3 Å². The minimum absolute atomic E-state index is 0.0257. The van der Waals surface area contributed by atoms with Crippen LogP contribution in [-0.4, -0.2) is 22.5 Å². The summed E-state index contributed by atoms with van der Waals surface area (Å²) in [4.78, 5) is 13.5. The van der Waals surface area contributed by atoms with Crippen LogP contribution in [0.4, 0.5) is 0 Å². The van der Waals surface area contributed by atoms with Crippen LogP contribution in [0, 0.1) is 0 Å². The third-order valence-corrected chi connectivity index (χ3v) is 3.35. The average Bonchev–Trinajstić information content (AvgIpc) is 2.01. The highest BCUT2D eigenvalue weighted by Gasteiger charge is 2.16. The van der Waals surface area contributed by atoms with E-state index >= 15 is 0 Å². The van der Waals surface area contributed by atoms with Crippen molar-refractivity contribution in [1.29, 1.82) is 0 Å². The standard InChI is InChI=1S/C9H12N2OS/c12-9-3-7(1-2-10-9)4-11-8-5-13-6-8/h1-3,8,11H,4-6H2,(H,10,12). The Kier molecular flexibility index (Phi) is 2.71. The Bertz CT molecular complexity index is 332. The van der Waals surface area contributed by atoms with Gasteiger partial charge in [0.1, 0.15) is 0 Å². The maximum atomic E-state index is 10.9. The highest BCUT2D eigenvalue weighted by atomic mass is 32.2. The van der Waals surface area contributed by atoms with E-state index < -0.39 is 0 Å². The summed E-state index contributed by atoms with van der Waals surface area (Å²) in [6.45, 7) is 0.801. The summed E-state index contributed by atoms with van der Waals surface area (Å²) in [6, 6.07) is 4.21. The predicted molar refractivity (Wildman–Crippen MR) is 55.0 cm³/mol. The predicted octanol–water partition coefficient (Wildman–Crippen LogP) is 0.580. The van der Waals surface area contributed by atoms with Crippen molar-refractivity contribution >= 4 is 11.8 Å². The minimum atomic E-state index is -0.0257. The summed E-state index contributed by atoms with van der Waals surface area (Å²) in [5.74, 6) is 2.40. The van der Waals surface area contributed by atoms with Gasteiger partial charge in [-0.15, -0.1) is 0 Å². The zero-order valence-corrected chi connectivity index (χ0v) is 8.06. The van der Waals surface area contributed by atoms with Gasteiger partial charge in [-0.3, -0.25) is 4.79 Å². The highest BCUT2D eigenvalue weighted by Crippen LogP contribution is 2.17. The van der Waals surface area contributed by atoms with Gasteiger partial charge in [-0.1, -0.05) is 0 Å². The molecule has 1 aliphatic rings. The molecule has 0 aromatic carbocycles. The molecular formula is C9H12N2OS. The number of rotatable bonds is 3. The van der Waals surface area contributed by atoms with Gasteiger partial charge in [-0.2, -0.15) is 11.8 Å². The molecule has 1 fully saturated rings. The van der Waals surface area contributed by atoms with E-state index in [0.717, 1.165) is 12.1 Å². The van der Waals surface area contributed by atoms with Crippen LogP contribution in [0.2, 0.25) is 0 Å². The molecule has 0 aliphatic carbocycles. The fourth-order valence-electron chi connectivity index (χ4n) is 1.21. The number of hydrogen-bond donors (Lipinski definition) is 2. The second-order valence-electron chi connectivity index (χ2n) is 3.18. The first-order valence-corrected chi connectivity index (χ1v) is 5.49. The molecule has 0 radical (unpaired) electrons. The summed E-state index contributed by atoms with van der Waals surface area (Å²) in [7, 11) is 0. The van der Waals surface area contributed by atoms with Gasteiger partial charge in [-0.25, -0.2) is 0 Å². The van der Waals surface area contributed by atoms with Crippen molar-refractivity contribution in [3.05, 3.63) is 34.2 Å².